The van der Waals surface area contributed by atoms with E-state index in [0.29, 0.717) is 18.4 Å². The number of fused-ring (bicyclic) bond motifs is 1. The fraction of sp³-hybridized carbons (Fsp3) is 0.250. The summed E-state index contributed by atoms with van der Waals surface area (Å²) in [5, 5.41) is 6.84. The highest BCUT2D eigenvalue weighted by Gasteiger charge is 2.35. The number of carbonyl (C=O) groups excluding carboxylic acids is 1. The number of nitrogens with zero attached hydrogens (tertiary/aromatic N) is 3. The molecule has 1 aliphatic heterocycles. The van der Waals surface area contributed by atoms with Crippen molar-refractivity contribution in [3.05, 3.63) is 54.5 Å². The van der Waals surface area contributed by atoms with E-state index < -0.39 is 17.6 Å². The number of hydrogen-bond donors (Lipinski definition) is 1. The summed E-state index contributed by atoms with van der Waals surface area (Å²) in [6.45, 7) is 4.03. The van der Waals surface area contributed by atoms with E-state index in [1.807, 2.05) is 0 Å². The van der Waals surface area contributed by atoms with E-state index in [4.69, 9.17) is 0 Å². The van der Waals surface area contributed by atoms with Crippen LogP contribution < -0.4 is 10.2 Å². The lowest BCUT2D eigenvalue weighted by Gasteiger charge is -2.35. The molecule has 0 saturated heterocycles. The molecule has 0 saturated carbocycles. The largest absolute Gasteiger partial charge is 0.419 e. The Hall–Kier alpha value is -2.84. The number of aromatic nitrogens is 2. The van der Waals surface area contributed by atoms with Crippen LogP contribution in [-0.2, 0) is 17.5 Å². The Labute approximate surface area is 140 Å². The zero-order chi connectivity index (χ0) is 18.2. The van der Waals surface area contributed by atoms with Crippen LogP contribution in [0.4, 0.5) is 29.1 Å². The van der Waals surface area contributed by atoms with Crippen LogP contribution in [0.15, 0.2) is 43.1 Å². The molecule has 1 aromatic heterocycles. The normalized spacial score (nSPS) is 17.1. The molecule has 5 nitrogen and oxygen atoms in total. The van der Waals surface area contributed by atoms with Gasteiger partial charge in [0.2, 0.25) is 5.91 Å². The second kappa shape index (κ2) is 6.23. The van der Waals surface area contributed by atoms with E-state index in [0.717, 1.165) is 12.1 Å². The van der Waals surface area contributed by atoms with Crippen molar-refractivity contribution >= 4 is 17.4 Å². The summed E-state index contributed by atoms with van der Waals surface area (Å²) in [5.41, 5.74) is -1.08. The average Bonchev–Trinajstić information content (AvgIpc) is 3.01. The SMILES string of the molecule is C=CC(=O)N[C@H]1CN(c2ccc(C(F)(F)F)c(F)c2)c2ccnn2C1. The lowest BCUT2D eigenvalue weighted by atomic mass is 10.1. The van der Waals surface area contributed by atoms with Crippen molar-refractivity contribution in [1.29, 1.82) is 0 Å². The van der Waals surface area contributed by atoms with Crippen molar-refractivity contribution in [2.24, 2.45) is 0 Å². The third kappa shape index (κ3) is 3.35. The summed E-state index contributed by atoms with van der Waals surface area (Å²) < 4.78 is 53.7. The summed E-state index contributed by atoms with van der Waals surface area (Å²) in [6, 6.07) is 4.04. The van der Waals surface area contributed by atoms with Crippen molar-refractivity contribution in [3.63, 3.8) is 0 Å². The van der Waals surface area contributed by atoms with Crippen molar-refractivity contribution in [2.75, 3.05) is 11.4 Å². The molecule has 3 rings (SSSR count). The van der Waals surface area contributed by atoms with E-state index in [-0.39, 0.29) is 24.2 Å². The number of hydrogen-bond acceptors (Lipinski definition) is 3. The molecule has 0 unspecified atom stereocenters. The quantitative estimate of drug-likeness (QED) is 0.681. The van der Waals surface area contributed by atoms with Crippen LogP contribution in [0.5, 0.6) is 0 Å². The molecule has 2 aromatic rings. The zero-order valence-electron chi connectivity index (χ0n) is 12.9. The Kier molecular flexibility index (Phi) is 4.23. The summed E-state index contributed by atoms with van der Waals surface area (Å²) in [4.78, 5) is 13.1. The highest BCUT2D eigenvalue weighted by molar-refractivity contribution is 5.87. The number of alkyl halides is 3. The summed E-state index contributed by atoms with van der Waals surface area (Å²) in [6.07, 6.45) is -2.10. The van der Waals surface area contributed by atoms with Crippen LogP contribution in [0, 0.1) is 5.82 Å². The first-order valence-corrected chi connectivity index (χ1v) is 7.38. The minimum atomic E-state index is -4.76. The van der Waals surface area contributed by atoms with Crippen LogP contribution in [0.25, 0.3) is 0 Å². The smallest absolute Gasteiger partial charge is 0.346 e. The van der Waals surface area contributed by atoms with Crippen molar-refractivity contribution in [2.45, 2.75) is 18.8 Å². The van der Waals surface area contributed by atoms with Gasteiger partial charge in [-0.25, -0.2) is 9.07 Å². The molecule has 0 radical (unpaired) electrons. The summed E-state index contributed by atoms with van der Waals surface area (Å²) in [5.74, 6) is -1.13. The maximum Gasteiger partial charge on any atom is 0.419 e. The van der Waals surface area contributed by atoms with E-state index in [1.54, 1.807) is 15.6 Å². The standard InChI is InChI=1S/C16H14F4N4O/c1-2-14(25)22-10-8-23(15-5-6-21-24(15)9-10)11-3-4-12(13(17)7-11)16(18,19)20/h2-7,10H,1,8-9H2,(H,22,25)/t10-/m0/s1. The van der Waals surface area contributed by atoms with Gasteiger partial charge in [-0.15, -0.1) is 0 Å². The molecule has 132 valence electrons. The molecule has 0 spiro atoms. The van der Waals surface area contributed by atoms with Gasteiger partial charge in [0.25, 0.3) is 0 Å². The molecule has 0 bridgehead atoms. The minimum Gasteiger partial charge on any atom is -0.346 e. The number of nitrogens with one attached hydrogen (secondary N) is 1. The fourth-order valence-electron chi connectivity index (χ4n) is 2.77. The topological polar surface area (TPSA) is 50.2 Å². The van der Waals surface area contributed by atoms with E-state index in [2.05, 4.69) is 17.0 Å². The van der Waals surface area contributed by atoms with Crippen molar-refractivity contribution < 1.29 is 22.4 Å². The molecule has 1 aliphatic rings. The van der Waals surface area contributed by atoms with Gasteiger partial charge in [-0.3, -0.25) is 4.79 Å². The van der Waals surface area contributed by atoms with Gasteiger partial charge in [0.15, 0.2) is 0 Å². The van der Waals surface area contributed by atoms with Crippen molar-refractivity contribution in [3.8, 4) is 0 Å². The molecule has 25 heavy (non-hydrogen) atoms. The number of carbonyl (C=O) groups is 1. The Morgan fingerprint density at radius 3 is 2.72 bits per heavy atom. The van der Waals surface area contributed by atoms with Crippen LogP contribution in [0.3, 0.4) is 0 Å². The molecule has 9 heteroatoms. The Balaban J connectivity index is 1.94. The fourth-order valence-corrected chi connectivity index (χ4v) is 2.77. The highest BCUT2D eigenvalue weighted by Crippen LogP contribution is 2.35. The summed E-state index contributed by atoms with van der Waals surface area (Å²) in [7, 11) is 0. The Bertz CT molecular complexity index is 815. The highest BCUT2D eigenvalue weighted by atomic mass is 19.4. The molecule has 1 N–H and O–H groups in total. The van der Waals surface area contributed by atoms with Crippen LogP contribution in [0.1, 0.15) is 5.56 Å². The predicted octanol–water partition coefficient (Wildman–Crippen LogP) is 2.86. The van der Waals surface area contributed by atoms with E-state index in [9.17, 15) is 22.4 Å². The molecule has 2 heterocycles. The number of halogens is 4. The maximum absolute atomic E-state index is 13.9. The van der Waals surface area contributed by atoms with Gasteiger partial charge in [0, 0.05) is 18.3 Å². The molecular formula is C16H14F4N4O. The molecule has 1 amide bonds. The van der Waals surface area contributed by atoms with Crippen LogP contribution in [-0.4, -0.2) is 28.3 Å². The molecule has 0 aliphatic carbocycles. The van der Waals surface area contributed by atoms with Gasteiger partial charge < -0.3 is 10.2 Å². The van der Waals surface area contributed by atoms with Gasteiger partial charge in [-0.2, -0.15) is 18.3 Å². The number of benzene rings is 1. The number of anilines is 2. The summed E-state index contributed by atoms with van der Waals surface area (Å²) >= 11 is 0. The molecular weight excluding hydrogens is 340 g/mol. The number of rotatable bonds is 3. The first-order chi connectivity index (χ1) is 11.8. The maximum atomic E-state index is 13.9. The van der Waals surface area contributed by atoms with Gasteiger partial charge in [-0.05, 0) is 24.3 Å². The Morgan fingerprint density at radius 2 is 2.08 bits per heavy atom. The van der Waals surface area contributed by atoms with Crippen molar-refractivity contribution in [1.82, 2.24) is 15.1 Å². The molecule has 0 fully saturated rings. The van der Waals surface area contributed by atoms with Gasteiger partial charge in [-0.1, -0.05) is 6.58 Å². The molecule has 1 atom stereocenters. The second-order valence-electron chi connectivity index (χ2n) is 5.55. The van der Waals surface area contributed by atoms with Crippen LogP contribution in [0.2, 0.25) is 0 Å². The predicted molar refractivity (Wildman–Crippen MR) is 82.8 cm³/mol. The monoisotopic (exact) mass is 354 g/mol. The number of amides is 1. The van der Waals surface area contributed by atoms with Gasteiger partial charge >= 0.3 is 6.18 Å². The lowest BCUT2D eigenvalue weighted by Crippen LogP contribution is -2.48. The second-order valence-corrected chi connectivity index (χ2v) is 5.55. The average molecular weight is 354 g/mol. The van der Waals surface area contributed by atoms with Crippen LogP contribution >= 0.6 is 0 Å². The van der Waals surface area contributed by atoms with Gasteiger partial charge in [0.1, 0.15) is 11.6 Å². The third-order valence-corrected chi connectivity index (χ3v) is 3.87. The Morgan fingerprint density at radius 1 is 1.32 bits per heavy atom. The van der Waals surface area contributed by atoms with E-state index in [1.165, 1.54) is 12.3 Å². The van der Waals surface area contributed by atoms with Gasteiger partial charge in [0.05, 0.1) is 24.3 Å². The third-order valence-electron chi connectivity index (χ3n) is 3.87. The first-order valence-electron chi connectivity index (χ1n) is 7.38. The lowest BCUT2D eigenvalue weighted by molar-refractivity contribution is -0.140. The zero-order valence-corrected chi connectivity index (χ0v) is 12.9. The minimum absolute atomic E-state index is 0.241. The molecule has 1 aromatic carbocycles. The first kappa shape index (κ1) is 17.0. The van der Waals surface area contributed by atoms with E-state index >= 15 is 0 Å².